The van der Waals surface area contributed by atoms with Gasteiger partial charge in [-0.25, -0.2) is 0 Å². The summed E-state index contributed by atoms with van der Waals surface area (Å²) in [4.78, 5) is 13.7. The van der Waals surface area contributed by atoms with Crippen LogP contribution in [0, 0.1) is 0 Å². The van der Waals surface area contributed by atoms with Crippen LogP contribution < -0.4 is 56.5 Å². The monoisotopic (exact) mass is 296 g/mol. The molecule has 5 nitrogen and oxygen atoms in total. The number of aromatic nitrogens is 1. The first-order valence-corrected chi connectivity index (χ1v) is 3.06. The zero-order valence-electron chi connectivity index (χ0n) is 7.80. The minimum Gasteiger partial charge on any atom is -0.667 e. The van der Waals surface area contributed by atoms with Gasteiger partial charge in [-0.3, -0.25) is 4.98 Å². The molecule has 1 heterocycles. The van der Waals surface area contributed by atoms with E-state index in [0.717, 1.165) is 5.56 Å². The Bertz CT molecular complexity index is 248. The van der Waals surface area contributed by atoms with Gasteiger partial charge in [-0.05, 0) is 17.7 Å². The molecule has 0 aliphatic heterocycles. The molecule has 0 aliphatic rings. The number of rotatable bonds is 2. The van der Waals surface area contributed by atoms with Crippen LogP contribution in [0.15, 0.2) is 24.5 Å². The van der Waals surface area contributed by atoms with Crippen LogP contribution in [0.2, 0.25) is 0 Å². The number of carbonyl (C=O) groups is 1. The molecule has 1 aromatic rings. The third-order valence-electron chi connectivity index (χ3n) is 1.11. The average Bonchev–Trinajstić information content (AvgIpc) is 2.03. The standard InChI is InChI=1S/C7H7N2O2.K.H2O.Y/c10-7(11)9-5-6-2-1-3-8-4-6;;;/h1-4H,5H2,(H,10,11);;1H2;/q-1;+1;;/p-1. The fourth-order valence-corrected chi connectivity index (χ4v) is 0.647. The molecule has 7 heteroatoms. The second-order valence-corrected chi connectivity index (χ2v) is 1.94. The summed E-state index contributed by atoms with van der Waals surface area (Å²) >= 11 is 0. The quantitative estimate of drug-likeness (QED) is 0.529. The van der Waals surface area contributed by atoms with Crippen molar-refractivity contribution in [1.29, 1.82) is 0 Å². The van der Waals surface area contributed by atoms with Crippen molar-refractivity contribution in [3.63, 3.8) is 0 Å². The smallest absolute Gasteiger partial charge is 0.667 e. The minimum absolute atomic E-state index is 0. The van der Waals surface area contributed by atoms with Gasteiger partial charge in [-0.1, -0.05) is 6.07 Å². The topological polar surface area (TPSA) is 98.6 Å². The Morgan fingerprint density at radius 3 is 2.64 bits per heavy atom. The van der Waals surface area contributed by atoms with Gasteiger partial charge in [0.05, 0.1) is 0 Å². The van der Waals surface area contributed by atoms with E-state index in [0.29, 0.717) is 0 Å². The van der Waals surface area contributed by atoms with Crippen molar-refractivity contribution in [2.45, 2.75) is 6.54 Å². The van der Waals surface area contributed by atoms with E-state index in [9.17, 15) is 9.90 Å². The van der Waals surface area contributed by atoms with Gasteiger partial charge in [0.25, 0.3) is 0 Å². The van der Waals surface area contributed by atoms with Crippen LogP contribution in [0.5, 0.6) is 0 Å². The molecular weight excluding hydrogens is 288 g/mol. The fraction of sp³-hybridized carbons (Fsp3) is 0.143. The SMILES string of the molecule is O.O=C([O-])[N-]Cc1cccnc1.[K+].[Y]. The van der Waals surface area contributed by atoms with Crippen LogP contribution in [0.1, 0.15) is 5.56 Å². The molecule has 2 N–H and O–H groups in total. The van der Waals surface area contributed by atoms with Crippen LogP contribution in [0.3, 0.4) is 0 Å². The summed E-state index contributed by atoms with van der Waals surface area (Å²) < 4.78 is 0. The first-order chi connectivity index (χ1) is 5.29. The number of nitrogens with zero attached hydrogens (tertiary/aromatic N) is 2. The maximum absolute atomic E-state index is 9.87. The summed E-state index contributed by atoms with van der Waals surface area (Å²) in [6.07, 6.45) is 1.78. The molecule has 1 aromatic heterocycles. The van der Waals surface area contributed by atoms with E-state index < -0.39 is 6.09 Å². The molecule has 1 radical (unpaired) electrons. The van der Waals surface area contributed by atoms with Crippen molar-refractivity contribution in [2.75, 3.05) is 0 Å². The Kier molecular flexibility index (Phi) is 17.9. The largest absolute Gasteiger partial charge is 1.00 e. The average molecular weight is 296 g/mol. The molecule has 0 fully saturated rings. The summed E-state index contributed by atoms with van der Waals surface area (Å²) in [6.45, 7) is 0.121. The molecule has 1 rings (SSSR count). The first-order valence-electron chi connectivity index (χ1n) is 3.06. The number of amides is 1. The molecule has 0 unspecified atom stereocenters. The second kappa shape index (κ2) is 12.2. The van der Waals surface area contributed by atoms with Gasteiger partial charge in [0.1, 0.15) is 0 Å². The Labute approximate surface area is 150 Å². The number of carboxylic acid groups (broad SMARTS) is 1. The normalized spacial score (nSPS) is 7.14. The van der Waals surface area contributed by atoms with E-state index in [-0.39, 0.29) is 96.1 Å². The van der Waals surface area contributed by atoms with Crippen LogP contribution in [0.25, 0.3) is 5.32 Å². The molecule has 0 bridgehead atoms. The molecular formula is C7H8KN2O3Y-. The third kappa shape index (κ3) is 9.67. The van der Waals surface area contributed by atoms with Crippen molar-refractivity contribution in [2.24, 2.45) is 0 Å². The number of hydrogen-bond acceptors (Lipinski definition) is 3. The Morgan fingerprint density at radius 2 is 2.21 bits per heavy atom. The summed E-state index contributed by atoms with van der Waals surface area (Å²) in [5.74, 6) is 0. The van der Waals surface area contributed by atoms with Gasteiger partial charge in [0.15, 0.2) is 0 Å². The molecule has 0 saturated carbocycles. The van der Waals surface area contributed by atoms with E-state index in [1.54, 1.807) is 24.5 Å². The molecule has 69 valence electrons. The van der Waals surface area contributed by atoms with Crippen LogP contribution >= 0.6 is 0 Å². The van der Waals surface area contributed by atoms with E-state index in [2.05, 4.69) is 10.3 Å². The van der Waals surface area contributed by atoms with Gasteiger partial charge in [0.2, 0.25) is 0 Å². The zero-order valence-corrected chi connectivity index (χ0v) is 13.8. The van der Waals surface area contributed by atoms with Crippen molar-refractivity contribution in [3.05, 3.63) is 35.4 Å². The maximum Gasteiger partial charge on any atom is 1.00 e. The Balaban J connectivity index is -0.000000403. The molecule has 0 aliphatic carbocycles. The number of hydrogen-bond donors (Lipinski definition) is 0. The van der Waals surface area contributed by atoms with Crippen molar-refractivity contribution in [3.8, 4) is 0 Å². The van der Waals surface area contributed by atoms with Gasteiger partial charge in [-0.2, -0.15) is 0 Å². The summed E-state index contributed by atoms with van der Waals surface area (Å²) in [7, 11) is 0. The van der Waals surface area contributed by atoms with Gasteiger partial charge < -0.3 is 20.7 Å². The fourth-order valence-electron chi connectivity index (χ4n) is 0.647. The zero-order chi connectivity index (χ0) is 8.10. The molecule has 1 amide bonds. The van der Waals surface area contributed by atoms with Crippen molar-refractivity contribution >= 4 is 6.09 Å². The second-order valence-electron chi connectivity index (χ2n) is 1.94. The Hall–Kier alpha value is 1.12. The van der Waals surface area contributed by atoms with Crippen molar-refractivity contribution in [1.82, 2.24) is 4.98 Å². The molecule has 0 aromatic carbocycles. The number of pyridine rings is 1. The van der Waals surface area contributed by atoms with Crippen LogP contribution in [-0.2, 0) is 39.3 Å². The third-order valence-corrected chi connectivity index (χ3v) is 1.11. The van der Waals surface area contributed by atoms with E-state index in [1.165, 1.54) is 0 Å². The predicted octanol–water partition coefficient (Wildman–Crippen LogP) is -3.52. The minimum atomic E-state index is -1.39. The summed E-state index contributed by atoms with van der Waals surface area (Å²) in [5.41, 5.74) is 0.761. The van der Waals surface area contributed by atoms with Crippen LogP contribution in [-0.4, -0.2) is 16.6 Å². The van der Waals surface area contributed by atoms with Gasteiger partial charge >= 0.3 is 51.4 Å². The summed E-state index contributed by atoms with van der Waals surface area (Å²) in [5, 5.41) is 13.0. The molecule has 0 atom stereocenters. The van der Waals surface area contributed by atoms with Crippen LogP contribution in [0.4, 0.5) is 4.79 Å². The first kappa shape index (κ1) is 20.5. The van der Waals surface area contributed by atoms with E-state index in [4.69, 9.17) is 0 Å². The Morgan fingerprint density at radius 1 is 1.57 bits per heavy atom. The maximum atomic E-state index is 9.87. The molecule has 0 saturated heterocycles. The van der Waals surface area contributed by atoms with Crippen molar-refractivity contribution < 1.29 is 99.5 Å². The number of carbonyl (C=O) groups excluding carboxylic acids is 1. The molecule has 14 heavy (non-hydrogen) atoms. The van der Waals surface area contributed by atoms with E-state index >= 15 is 0 Å². The molecule has 0 spiro atoms. The predicted molar refractivity (Wildman–Crippen MR) is 40.3 cm³/mol. The van der Waals surface area contributed by atoms with E-state index in [1.807, 2.05) is 0 Å². The van der Waals surface area contributed by atoms with Gasteiger partial charge in [-0.15, -0.1) is 6.54 Å². The van der Waals surface area contributed by atoms with Gasteiger partial charge in [0, 0.05) is 45.1 Å². The summed E-state index contributed by atoms with van der Waals surface area (Å²) in [6, 6.07) is 3.47.